The molecule has 0 saturated carbocycles. The molecule has 0 aliphatic heterocycles. The van der Waals surface area contributed by atoms with Crippen molar-refractivity contribution >= 4 is 36.4 Å². The minimum atomic E-state index is -2.89. The average Bonchev–Trinajstić information content (AvgIpc) is 2.38. The summed E-state index contributed by atoms with van der Waals surface area (Å²) < 4.78 is 0. The first-order valence-corrected chi connectivity index (χ1v) is 12.3. The number of nitrogens with one attached hydrogen (secondary N) is 1. The van der Waals surface area contributed by atoms with Crippen molar-refractivity contribution in [2.75, 3.05) is 0 Å². The van der Waals surface area contributed by atoms with Gasteiger partial charge in [0.2, 0.25) is 0 Å². The smallest absolute Gasteiger partial charge is 0.136 e. The van der Waals surface area contributed by atoms with Gasteiger partial charge in [-0.3, -0.25) is 0 Å². The molecule has 0 heterocycles. The number of benzene rings is 2. The molecule has 112 valence electrons. The van der Waals surface area contributed by atoms with Crippen molar-refractivity contribution in [2.24, 2.45) is 0 Å². The zero-order valence-electron chi connectivity index (χ0n) is 11.3. The van der Waals surface area contributed by atoms with Crippen molar-refractivity contribution in [3.8, 4) is 0 Å². The molecule has 0 aliphatic carbocycles. The normalized spacial score (nSPS) is 16.9. The third-order valence-electron chi connectivity index (χ3n) is 2.79. The Morgan fingerprint density at radius 2 is 1.05 bits per heavy atom. The second kappa shape index (κ2) is 7.26. The van der Waals surface area contributed by atoms with Crippen LogP contribution in [0, 0.1) is 0 Å². The first-order valence-electron chi connectivity index (χ1n) is 6.37. The number of rotatable bonds is 6. The van der Waals surface area contributed by atoms with Crippen LogP contribution in [0.5, 0.6) is 0 Å². The highest BCUT2D eigenvalue weighted by Crippen LogP contribution is 2.54. The highest BCUT2D eigenvalue weighted by atomic mass is 32.5. The van der Waals surface area contributed by atoms with E-state index in [0.29, 0.717) is 12.3 Å². The molecule has 0 aromatic heterocycles. The summed E-state index contributed by atoms with van der Waals surface area (Å²) in [7, 11) is 0. The summed E-state index contributed by atoms with van der Waals surface area (Å²) in [5.41, 5.74) is 1.87. The van der Waals surface area contributed by atoms with Crippen LogP contribution in [-0.2, 0) is 35.9 Å². The molecular weight excluding hydrogens is 340 g/mol. The van der Waals surface area contributed by atoms with E-state index in [1.54, 1.807) is 0 Å². The molecule has 3 nitrogen and oxygen atoms in total. The first kappa shape index (κ1) is 17.0. The van der Waals surface area contributed by atoms with Gasteiger partial charge in [-0.2, -0.15) is 0 Å². The molecule has 2 unspecified atom stereocenters. The molecule has 0 fully saturated rings. The van der Waals surface area contributed by atoms with E-state index in [-0.39, 0.29) is 0 Å². The lowest BCUT2D eigenvalue weighted by molar-refractivity contribution is 0.593. The van der Waals surface area contributed by atoms with Gasteiger partial charge in [0.15, 0.2) is 0 Å². The van der Waals surface area contributed by atoms with Crippen LogP contribution >= 0.6 is 12.8 Å². The molecule has 0 bridgehead atoms. The Kier molecular flexibility index (Phi) is 5.87. The van der Waals surface area contributed by atoms with Crippen molar-refractivity contribution in [1.29, 1.82) is 0 Å². The van der Waals surface area contributed by atoms with Gasteiger partial charge in [0.25, 0.3) is 0 Å². The predicted octanol–water partition coefficient (Wildman–Crippen LogP) is 3.58. The maximum Gasteiger partial charge on any atom is 0.136 e. The second-order valence-corrected chi connectivity index (χ2v) is 12.7. The molecule has 0 aliphatic rings. The summed E-state index contributed by atoms with van der Waals surface area (Å²) in [4.78, 5) is 23.6. The lowest BCUT2D eigenvalue weighted by Crippen LogP contribution is -2.09. The molecule has 0 amide bonds. The fourth-order valence-electron chi connectivity index (χ4n) is 1.98. The fourth-order valence-corrected chi connectivity index (χ4v) is 9.70. The molecule has 0 spiro atoms. The van der Waals surface area contributed by atoms with E-state index in [2.05, 4.69) is 4.86 Å². The summed E-state index contributed by atoms with van der Waals surface area (Å²) >= 11 is 10.5. The van der Waals surface area contributed by atoms with Gasteiger partial charge in [0.1, 0.15) is 12.8 Å². The Hall–Kier alpha value is -0.380. The van der Waals surface area contributed by atoms with Crippen LogP contribution in [0.15, 0.2) is 60.7 Å². The van der Waals surface area contributed by atoms with Crippen molar-refractivity contribution in [2.45, 2.75) is 12.3 Å². The van der Waals surface area contributed by atoms with Crippen molar-refractivity contribution in [3.05, 3.63) is 71.8 Å². The largest absolute Gasteiger partial charge is 0.353 e. The predicted molar refractivity (Wildman–Crippen MR) is 96.4 cm³/mol. The Morgan fingerprint density at radius 1 is 0.714 bits per heavy atom. The quantitative estimate of drug-likeness (QED) is 0.690. The molecule has 2 aromatic rings. The van der Waals surface area contributed by atoms with Crippen LogP contribution in [0.4, 0.5) is 0 Å². The maximum absolute atomic E-state index is 10.4. The van der Waals surface area contributed by atoms with Crippen LogP contribution in [0.2, 0.25) is 0 Å². The Balaban J connectivity index is 2.04. The van der Waals surface area contributed by atoms with Gasteiger partial charge >= 0.3 is 0 Å². The minimum Gasteiger partial charge on any atom is -0.353 e. The fraction of sp³-hybridized carbons (Fsp3) is 0.143. The van der Waals surface area contributed by atoms with Gasteiger partial charge in [-0.1, -0.05) is 60.7 Å². The van der Waals surface area contributed by atoms with Crippen molar-refractivity contribution in [3.63, 3.8) is 0 Å². The van der Waals surface area contributed by atoms with Crippen LogP contribution in [0.1, 0.15) is 11.1 Å². The van der Waals surface area contributed by atoms with E-state index in [1.807, 2.05) is 60.7 Å². The monoisotopic (exact) mass is 357 g/mol. The summed E-state index contributed by atoms with van der Waals surface area (Å²) in [6.07, 6.45) is -5.16. The highest BCUT2D eigenvalue weighted by molar-refractivity contribution is 8.19. The molecule has 21 heavy (non-hydrogen) atoms. The Bertz CT molecular complexity index is 620. The summed E-state index contributed by atoms with van der Waals surface area (Å²) in [5.74, 6) is 0. The van der Waals surface area contributed by atoms with Crippen LogP contribution in [0.3, 0.4) is 0 Å². The molecule has 0 saturated heterocycles. The van der Waals surface area contributed by atoms with Gasteiger partial charge in [0.05, 0.1) is 0 Å². The van der Waals surface area contributed by atoms with Gasteiger partial charge in [0, 0.05) is 12.3 Å². The zero-order valence-corrected chi connectivity index (χ0v) is 14.7. The van der Waals surface area contributed by atoms with Gasteiger partial charge in [-0.15, -0.1) is 0 Å². The van der Waals surface area contributed by atoms with Crippen LogP contribution in [-0.4, -0.2) is 9.79 Å². The minimum absolute atomic E-state index is 0.316. The lowest BCUT2D eigenvalue weighted by Gasteiger charge is -2.24. The Labute approximate surface area is 135 Å². The van der Waals surface area contributed by atoms with E-state index in [9.17, 15) is 9.79 Å². The zero-order chi connectivity index (χ0) is 15.3. The topological polar surface area (TPSA) is 52.5 Å². The third kappa shape index (κ3) is 6.09. The van der Waals surface area contributed by atoms with Gasteiger partial charge in [-0.25, -0.2) is 4.86 Å². The summed E-state index contributed by atoms with van der Waals surface area (Å²) in [6.45, 7) is 0. The van der Waals surface area contributed by atoms with Crippen molar-refractivity contribution < 1.29 is 9.79 Å². The van der Waals surface area contributed by atoms with E-state index in [1.165, 1.54) is 0 Å². The first-order chi connectivity index (χ1) is 9.86. The van der Waals surface area contributed by atoms with Crippen molar-refractivity contribution in [1.82, 2.24) is 4.86 Å². The SMILES string of the molecule is OP(=S)(Cc1ccccc1)NP(O)(=S)Cc1ccccc1. The van der Waals surface area contributed by atoms with E-state index >= 15 is 0 Å². The van der Waals surface area contributed by atoms with E-state index in [0.717, 1.165) is 11.1 Å². The molecule has 2 aromatic carbocycles. The van der Waals surface area contributed by atoms with E-state index < -0.39 is 12.8 Å². The van der Waals surface area contributed by atoms with Gasteiger partial charge < -0.3 is 9.79 Å². The average molecular weight is 357 g/mol. The lowest BCUT2D eigenvalue weighted by atomic mass is 10.2. The standard InChI is InChI=1S/C14H17NO2P2S2/c16-18(20,11-13-7-3-1-4-8-13)15-19(17,21)12-14-9-5-2-6-10-14/h1-10H,11-12H2,(H3,15,16,17,20,21). The van der Waals surface area contributed by atoms with Gasteiger partial charge in [-0.05, 0) is 34.7 Å². The summed E-state index contributed by atoms with van der Waals surface area (Å²) in [5, 5.41) is 0. The molecular formula is C14H17NO2P2S2. The van der Waals surface area contributed by atoms with E-state index in [4.69, 9.17) is 23.6 Å². The second-order valence-electron chi connectivity index (χ2n) is 4.79. The van der Waals surface area contributed by atoms with Crippen LogP contribution in [0.25, 0.3) is 0 Å². The van der Waals surface area contributed by atoms with Crippen LogP contribution < -0.4 is 4.86 Å². The molecule has 0 radical (unpaired) electrons. The highest BCUT2D eigenvalue weighted by Gasteiger charge is 2.23. The molecule has 2 atom stereocenters. The third-order valence-corrected chi connectivity index (χ3v) is 9.12. The maximum atomic E-state index is 10.4. The molecule has 2 rings (SSSR count). The summed E-state index contributed by atoms with van der Waals surface area (Å²) in [6, 6.07) is 19.0. The number of hydrogen-bond donors (Lipinski definition) is 3. The number of hydrogen-bond acceptors (Lipinski definition) is 2. The molecule has 3 N–H and O–H groups in total. The molecule has 7 heteroatoms. The Morgan fingerprint density at radius 3 is 1.38 bits per heavy atom.